The van der Waals surface area contributed by atoms with Crippen LogP contribution in [0.2, 0.25) is 0 Å². The van der Waals surface area contributed by atoms with Crippen molar-refractivity contribution in [2.75, 3.05) is 6.54 Å². The van der Waals surface area contributed by atoms with Crippen LogP contribution in [0.5, 0.6) is 0 Å². The molecule has 22 heavy (non-hydrogen) atoms. The zero-order valence-corrected chi connectivity index (χ0v) is 12.2. The molecule has 0 saturated heterocycles. The van der Waals surface area contributed by atoms with Gasteiger partial charge in [-0.2, -0.15) is 0 Å². The van der Waals surface area contributed by atoms with Crippen LogP contribution in [0.15, 0.2) is 58.3 Å². The highest BCUT2D eigenvalue weighted by molar-refractivity contribution is 5.93. The highest BCUT2D eigenvalue weighted by atomic mass is 16.6. The fourth-order valence-electron chi connectivity index (χ4n) is 2.38. The van der Waals surface area contributed by atoms with Crippen LogP contribution in [0.3, 0.4) is 0 Å². The monoisotopic (exact) mass is 298 g/mol. The van der Waals surface area contributed by atoms with Crippen molar-refractivity contribution in [1.29, 1.82) is 0 Å². The predicted molar refractivity (Wildman–Crippen MR) is 82.5 cm³/mol. The lowest BCUT2D eigenvalue weighted by molar-refractivity contribution is -0.131. The Labute approximate surface area is 129 Å². The molecule has 3 rings (SSSR count). The van der Waals surface area contributed by atoms with Crippen LogP contribution in [0, 0.1) is 0 Å². The van der Waals surface area contributed by atoms with Gasteiger partial charge in [0.1, 0.15) is 5.76 Å². The third-order valence-electron chi connectivity index (χ3n) is 3.52. The molecular formula is C17H18N2O3. The first kappa shape index (κ1) is 14.4. The van der Waals surface area contributed by atoms with Crippen molar-refractivity contribution in [3.63, 3.8) is 0 Å². The number of nitrogens with zero attached hydrogens (tertiary/aromatic N) is 1. The summed E-state index contributed by atoms with van der Waals surface area (Å²) in [5, 5.41) is 6.88. The molecule has 1 amide bonds. The Balaban J connectivity index is 1.42. The van der Waals surface area contributed by atoms with Crippen molar-refractivity contribution in [1.82, 2.24) is 5.32 Å². The number of oxime groups is 1. The number of rotatable bonds is 6. The molecular weight excluding hydrogens is 280 g/mol. The van der Waals surface area contributed by atoms with Gasteiger partial charge in [0, 0.05) is 25.8 Å². The molecule has 0 bridgehead atoms. The second kappa shape index (κ2) is 6.93. The maximum Gasteiger partial charge on any atom is 0.264 e. The summed E-state index contributed by atoms with van der Waals surface area (Å²) in [5.41, 5.74) is 2.07. The summed E-state index contributed by atoms with van der Waals surface area (Å²) in [6, 6.07) is 13.8. The fourth-order valence-corrected chi connectivity index (χ4v) is 2.38. The van der Waals surface area contributed by atoms with Crippen LogP contribution in [-0.2, 0) is 22.5 Å². The van der Waals surface area contributed by atoms with E-state index in [1.54, 1.807) is 6.26 Å². The van der Waals surface area contributed by atoms with Crippen molar-refractivity contribution in [3.8, 4) is 0 Å². The van der Waals surface area contributed by atoms with Crippen molar-refractivity contribution < 1.29 is 14.0 Å². The minimum absolute atomic E-state index is 0.127. The normalized spacial score (nSPS) is 16.9. The topological polar surface area (TPSA) is 63.8 Å². The van der Waals surface area contributed by atoms with E-state index in [2.05, 4.69) is 10.5 Å². The van der Waals surface area contributed by atoms with E-state index in [-0.39, 0.29) is 5.91 Å². The number of carbonyl (C=O) groups is 1. The first-order chi connectivity index (χ1) is 10.8. The van der Waals surface area contributed by atoms with Gasteiger partial charge in [0.25, 0.3) is 5.91 Å². The van der Waals surface area contributed by atoms with Crippen molar-refractivity contribution in [2.45, 2.75) is 25.4 Å². The Morgan fingerprint density at radius 2 is 2.09 bits per heavy atom. The number of nitrogens with one attached hydrogen (secondary N) is 1. The van der Waals surface area contributed by atoms with Crippen LogP contribution < -0.4 is 5.32 Å². The van der Waals surface area contributed by atoms with Gasteiger partial charge in [-0.25, -0.2) is 0 Å². The van der Waals surface area contributed by atoms with E-state index in [1.807, 2.05) is 42.5 Å². The highest BCUT2D eigenvalue weighted by Crippen LogP contribution is 2.14. The number of benzene rings is 1. The van der Waals surface area contributed by atoms with E-state index in [1.165, 1.54) is 5.56 Å². The Bertz CT molecular complexity index is 635. The SMILES string of the molecule is O=C(NCCc1ccco1)[C@@H]1CC(Cc2ccccc2)=NO1. The molecule has 5 nitrogen and oxygen atoms in total. The molecule has 1 aliphatic rings. The summed E-state index contributed by atoms with van der Waals surface area (Å²) in [5.74, 6) is 0.729. The van der Waals surface area contributed by atoms with Crippen molar-refractivity contribution >= 4 is 11.6 Å². The van der Waals surface area contributed by atoms with Gasteiger partial charge in [0.15, 0.2) is 0 Å². The summed E-state index contributed by atoms with van der Waals surface area (Å²) in [6.45, 7) is 0.528. The standard InChI is InChI=1S/C17H18N2O3/c20-17(18-9-8-15-7-4-10-21-15)16-12-14(19-22-16)11-13-5-2-1-3-6-13/h1-7,10,16H,8-9,11-12H2,(H,18,20)/t16-/m0/s1. The summed E-state index contributed by atoms with van der Waals surface area (Å²) < 4.78 is 5.22. The largest absolute Gasteiger partial charge is 0.469 e. The molecule has 114 valence electrons. The van der Waals surface area contributed by atoms with Gasteiger partial charge in [-0.05, 0) is 17.7 Å². The molecule has 2 heterocycles. The van der Waals surface area contributed by atoms with E-state index in [0.29, 0.717) is 19.4 Å². The van der Waals surface area contributed by atoms with Crippen LogP contribution in [0.4, 0.5) is 0 Å². The van der Waals surface area contributed by atoms with Crippen molar-refractivity contribution in [3.05, 3.63) is 60.1 Å². The lowest BCUT2D eigenvalue weighted by Crippen LogP contribution is -2.36. The third kappa shape index (κ3) is 3.75. The molecule has 1 aromatic heterocycles. The first-order valence-corrected chi connectivity index (χ1v) is 7.37. The number of hydrogen-bond acceptors (Lipinski definition) is 4. The molecule has 1 aromatic carbocycles. The number of hydrogen-bond donors (Lipinski definition) is 1. The van der Waals surface area contributed by atoms with Crippen LogP contribution in [-0.4, -0.2) is 24.3 Å². The molecule has 2 aromatic rings. The molecule has 0 saturated carbocycles. The quantitative estimate of drug-likeness (QED) is 0.890. The van der Waals surface area contributed by atoms with E-state index in [0.717, 1.165) is 17.9 Å². The van der Waals surface area contributed by atoms with Gasteiger partial charge in [-0.1, -0.05) is 35.5 Å². The summed E-state index contributed by atoms with van der Waals surface area (Å²) in [7, 11) is 0. The number of amides is 1. The Morgan fingerprint density at radius 1 is 1.23 bits per heavy atom. The van der Waals surface area contributed by atoms with Crippen LogP contribution in [0.25, 0.3) is 0 Å². The average Bonchev–Trinajstić information content (AvgIpc) is 3.20. The molecule has 1 N–H and O–H groups in total. The Morgan fingerprint density at radius 3 is 2.86 bits per heavy atom. The molecule has 0 radical (unpaired) electrons. The fraction of sp³-hybridized carbons (Fsp3) is 0.294. The van der Waals surface area contributed by atoms with E-state index < -0.39 is 6.10 Å². The van der Waals surface area contributed by atoms with Gasteiger partial charge >= 0.3 is 0 Å². The Kier molecular flexibility index (Phi) is 4.53. The predicted octanol–water partition coefficient (Wildman–Crippen LogP) is 2.33. The van der Waals surface area contributed by atoms with Gasteiger partial charge in [0.05, 0.1) is 12.0 Å². The second-order valence-corrected chi connectivity index (χ2v) is 5.24. The van der Waals surface area contributed by atoms with Crippen LogP contribution in [0.1, 0.15) is 17.7 Å². The molecule has 1 aliphatic heterocycles. The molecule has 0 fully saturated rings. The number of furan rings is 1. The lowest BCUT2D eigenvalue weighted by Gasteiger charge is -2.08. The van der Waals surface area contributed by atoms with E-state index in [4.69, 9.17) is 9.25 Å². The zero-order valence-electron chi connectivity index (χ0n) is 12.2. The van der Waals surface area contributed by atoms with Gasteiger partial charge in [0.2, 0.25) is 6.10 Å². The Hall–Kier alpha value is -2.56. The van der Waals surface area contributed by atoms with Gasteiger partial charge in [-0.15, -0.1) is 0 Å². The van der Waals surface area contributed by atoms with E-state index >= 15 is 0 Å². The minimum atomic E-state index is -0.518. The lowest BCUT2D eigenvalue weighted by atomic mass is 10.0. The maximum atomic E-state index is 12.0. The minimum Gasteiger partial charge on any atom is -0.469 e. The zero-order chi connectivity index (χ0) is 15.2. The average molecular weight is 298 g/mol. The second-order valence-electron chi connectivity index (χ2n) is 5.24. The van der Waals surface area contributed by atoms with Gasteiger partial charge in [-0.3, -0.25) is 4.79 Å². The van der Waals surface area contributed by atoms with Crippen LogP contribution >= 0.6 is 0 Å². The van der Waals surface area contributed by atoms with Gasteiger partial charge < -0.3 is 14.6 Å². The molecule has 1 atom stereocenters. The summed E-state index contributed by atoms with van der Waals surface area (Å²) >= 11 is 0. The maximum absolute atomic E-state index is 12.0. The third-order valence-corrected chi connectivity index (χ3v) is 3.52. The molecule has 0 aliphatic carbocycles. The molecule has 5 heteroatoms. The first-order valence-electron chi connectivity index (χ1n) is 7.37. The summed E-state index contributed by atoms with van der Waals surface area (Å²) in [6.07, 6.45) is 3.04. The van der Waals surface area contributed by atoms with E-state index in [9.17, 15) is 4.79 Å². The highest BCUT2D eigenvalue weighted by Gasteiger charge is 2.27. The smallest absolute Gasteiger partial charge is 0.264 e. The summed E-state index contributed by atoms with van der Waals surface area (Å²) in [4.78, 5) is 17.3. The van der Waals surface area contributed by atoms with Crippen molar-refractivity contribution in [2.24, 2.45) is 5.16 Å². The molecule has 0 unspecified atom stereocenters. The number of carbonyl (C=O) groups excluding carboxylic acids is 1. The molecule has 0 spiro atoms.